The van der Waals surface area contributed by atoms with E-state index in [9.17, 15) is 9.90 Å². The number of hydrogen-bond acceptors (Lipinski definition) is 3. The van der Waals surface area contributed by atoms with Crippen LogP contribution in [-0.2, 0) is 11.2 Å². The lowest BCUT2D eigenvalue weighted by atomic mass is 9.95. The Morgan fingerprint density at radius 3 is 2.56 bits per heavy atom. The van der Waals surface area contributed by atoms with Crippen LogP contribution in [0.1, 0.15) is 38.2 Å². The molecule has 1 aliphatic carbocycles. The zero-order valence-corrected chi connectivity index (χ0v) is 10.8. The molecule has 98 valence electrons. The van der Waals surface area contributed by atoms with E-state index in [0.717, 1.165) is 37.0 Å². The van der Waals surface area contributed by atoms with Crippen molar-refractivity contribution in [2.24, 2.45) is 0 Å². The predicted octanol–water partition coefficient (Wildman–Crippen LogP) is 2.50. The van der Waals surface area contributed by atoms with Crippen LogP contribution in [0.4, 0.5) is 0 Å². The number of ketones is 1. The minimum absolute atomic E-state index is 0.0857. The van der Waals surface area contributed by atoms with Gasteiger partial charge in [0.25, 0.3) is 0 Å². The van der Waals surface area contributed by atoms with Gasteiger partial charge in [-0.25, -0.2) is 0 Å². The smallest absolute Gasteiger partial charge is 0.134 e. The fraction of sp³-hybridized carbons (Fsp3) is 0.533. The summed E-state index contributed by atoms with van der Waals surface area (Å²) in [4.78, 5) is 11.0. The number of aliphatic hydroxyl groups excluding tert-OH is 1. The van der Waals surface area contributed by atoms with Crippen molar-refractivity contribution in [3.8, 4) is 5.75 Å². The third kappa shape index (κ3) is 3.57. The molecule has 1 aliphatic rings. The Kier molecular flexibility index (Phi) is 4.37. The molecule has 0 spiro atoms. The van der Waals surface area contributed by atoms with Crippen molar-refractivity contribution < 1.29 is 14.6 Å². The molecule has 0 radical (unpaired) electrons. The molecule has 0 bridgehead atoms. The van der Waals surface area contributed by atoms with Crippen molar-refractivity contribution >= 4 is 5.78 Å². The first kappa shape index (κ1) is 13.1. The molecule has 1 saturated carbocycles. The van der Waals surface area contributed by atoms with E-state index in [1.165, 1.54) is 0 Å². The van der Waals surface area contributed by atoms with Crippen LogP contribution >= 0.6 is 0 Å². The number of ether oxygens (including phenoxy) is 1. The van der Waals surface area contributed by atoms with E-state index in [1.54, 1.807) is 6.92 Å². The number of carbonyl (C=O) groups excluding carboxylic acids is 1. The third-order valence-electron chi connectivity index (χ3n) is 3.33. The highest BCUT2D eigenvalue weighted by Crippen LogP contribution is 2.24. The van der Waals surface area contributed by atoms with Crippen LogP contribution in [0.15, 0.2) is 24.3 Å². The molecule has 0 saturated heterocycles. The maximum atomic E-state index is 11.0. The van der Waals surface area contributed by atoms with E-state index >= 15 is 0 Å². The molecule has 2 rings (SSSR count). The van der Waals surface area contributed by atoms with Crippen LogP contribution in [0.3, 0.4) is 0 Å². The number of benzene rings is 1. The van der Waals surface area contributed by atoms with Crippen LogP contribution in [0, 0.1) is 0 Å². The predicted molar refractivity (Wildman–Crippen MR) is 69.7 cm³/mol. The molecule has 0 aliphatic heterocycles. The Morgan fingerprint density at radius 2 is 1.94 bits per heavy atom. The van der Waals surface area contributed by atoms with E-state index < -0.39 is 0 Å². The summed E-state index contributed by atoms with van der Waals surface area (Å²) in [6.07, 6.45) is 3.96. The zero-order valence-electron chi connectivity index (χ0n) is 10.8. The highest BCUT2D eigenvalue weighted by atomic mass is 16.5. The Morgan fingerprint density at radius 1 is 1.28 bits per heavy atom. The summed E-state index contributed by atoms with van der Waals surface area (Å²) in [5.74, 6) is 0.930. The molecule has 1 aromatic rings. The highest BCUT2D eigenvalue weighted by Gasteiger charge is 2.24. The van der Waals surface area contributed by atoms with Gasteiger partial charge in [0.1, 0.15) is 17.6 Å². The van der Waals surface area contributed by atoms with Crippen molar-refractivity contribution in [1.29, 1.82) is 0 Å². The zero-order chi connectivity index (χ0) is 13.0. The number of carbonyl (C=O) groups is 1. The monoisotopic (exact) mass is 248 g/mol. The largest absolute Gasteiger partial charge is 0.488 e. The van der Waals surface area contributed by atoms with Gasteiger partial charge in [0.2, 0.25) is 0 Å². The second-order valence-electron chi connectivity index (χ2n) is 5.03. The molecular formula is C15H20O3. The standard InChI is InChI=1S/C15H20O3/c1-11(16)10-12-6-8-13(9-7-12)18-15-5-3-2-4-14(15)17/h6-9,14-15,17H,2-5,10H2,1H3. The quantitative estimate of drug-likeness (QED) is 0.890. The summed E-state index contributed by atoms with van der Waals surface area (Å²) in [6, 6.07) is 7.57. The molecule has 2 unspecified atom stereocenters. The molecule has 0 heterocycles. The molecule has 0 amide bonds. The number of Topliss-reactive ketones (excluding diaryl/α,β-unsaturated/α-hetero) is 1. The van der Waals surface area contributed by atoms with Crippen LogP contribution in [-0.4, -0.2) is 23.1 Å². The van der Waals surface area contributed by atoms with Gasteiger partial charge in [-0.1, -0.05) is 18.6 Å². The van der Waals surface area contributed by atoms with Crippen molar-refractivity contribution in [3.63, 3.8) is 0 Å². The van der Waals surface area contributed by atoms with Gasteiger partial charge in [-0.05, 0) is 43.9 Å². The van der Waals surface area contributed by atoms with Gasteiger partial charge in [-0.15, -0.1) is 0 Å². The van der Waals surface area contributed by atoms with Crippen molar-refractivity contribution in [2.45, 2.75) is 51.2 Å². The van der Waals surface area contributed by atoms with E-state index in [-0.39, 0.29) is 18.0 Å². The molecule has 1 N–H and O–H groups in total. The van der Waals surface area contributed by atoms with Crippen LogP contribution in [0.25, 0.3) is 0 Å². The van der Waals surface area contributed by atoms with Gasteiger partial charge in [0.05, 0.1) is 6.10 Å². The lowest BCUT2D eigenvalue weighted by Crippen LogP contribution is -2.34. The first-order valence-corrected chi connectivity index (χ1v) is 6.58. The number of aliphatic hydroxyl groups is 1. The summed E-state index contributed by atoms with van der Waals surface area (Å²) < 4.78 is 5.79. The molecule has 2 atom stereocenters. The summed E-state index contributed by atoms with van der Waals surface area (Å²) in [5.41, 5.74) is 0.999. The van der Waals surface area contributed by atoms with Crippen LogP contribution < -0.4 is 4.74 Å². The minimum atomic E-state index is -0.351. The summed E-state index contributed by atoms with van der Waals surface area (Å²) in [6.45, 7) is 1.59. The minimum Gasteiger partial charge on any atom is -0.488 e. The molecule has 3 heteroatoms. The Hall–Kier alpha value is -1.35. The highest BCUT2D eigenvalue weighted by molar-refractivity contribution is 5.78. The normalized spacial score (nSPS) is 23.7. The van der Waals surface area contributed by atoms with E-state index in [4.69, 9.17) is 4.74 Å². The van der Waals surface area contributed by atoms with Gasteiger partial charge in [-0.3, -0.25) is 4.79 Å². The SMILES string of the molecule is CC(=O)Cc1ccc(OC2CCCCC2O)cc1. The summed E-state index contributed by atoms with van der Waals surface area (Å²) in [7, 11) is 0. The van der Waals surface area contributed by atoms with Crippen molar-refractivity contribution in [1.82, 2.24) is 0 Å². The van der Waals surface area contributed by atoms with Gasteiger partial charge >= 0.3 is 0 Å². The first-order valence-electron chi connectivity index (χ1n) is 6.58. The molecule has 3 nitrogen and oxygen atoms in total. The van der Waals surface area contributed by atoms with E-state index in [0.29, 0.717) is 6.42 Å². The molecule has 1 aromatic carbocycles. The molecule has 18 heavy (non-hydrogen) atoms. The van der Waals surface area contributed by atoms with Crippen LogP contribution in [0.5, 0.6) is 5.75 Å². The van der Waals surface area contributed by atoms with Gasteiger partial charge in [0, 0.05) is 6.42 Å². The average Bonchev–Trinajstić information content (AvgIpc) is 2.34. The lowest BCUT2D eigenvalue weighted by molar-refractivity contribution is -0.116. The van der Waals surface area contributed by atoms with Crippen molar-refractivity contribution in [3.05, 3.63) is 29.8 Å². The third-order valence-corrected chi connectivity index (χ3v) is 3.33. The summed E-state index contributed by atoms with van der Waals surface area (Å²) >= 11 is 0. The number of rotatable bonds is 4. The van der Waals surface area contributed by atoms with Crippen LogP contribution in [0.2, 0.25) is 0 Å². The second kappa shape index (κ2) is 6.01. The fourth-order valence-corrected chi connectivity index (χ4v) is 2.36. The van der Waals surface area contributed by atoms with Gasteiger partial charge in [-0.2, -0.15) is 0 Å². The Labute approximate surface area is 108 Å². The van der Waals surface area contributed by atoms with Crippen molar-refractivity contribution in [2.75, 3.05) is 0 Å². The Bertz CT molecular complexity index is 397. The maximum Gasteiger partial charge on any atom is 0.134 e. The summed E-state index contributed by atoms with van der Waals surface area (Å²) in [5, 5.41) is 9.83. The van der Waals surface area contributed by atoms with E-state index in [1.807, 2.05) is 24.3 Å². The van der Waals surface area contributed by atoms with Gasteiger partial charge < -0.3 is 9.84 Å². The fourth-order valence-electron chi connectivity index (χ4n) is 2.36. The molecular weight excluding hydrogens is 228 g/mol. The topological polar surface area (TPSA) is 46.5 Å². The second-order valence-corrected chi connectivity index (χ2v) is 5.03. The lowest BCUT2D eigenvalue weighted by Gasteiger charge is -2.28. The number of hydrogen-bond donors (Lipinski definition) is 1. The van der Waals surface area contributed by atoms with Gasteiger partial charge in [0.15, 0.2) is 0 Å². The average molecular weight is 248 g/mol. The maximum absolute atomic E-state index is 11.0. The Balaban J connectivity index is 1.95. The first-order chi connectivity index (χ1) is 8.65. The van der Waals surface area contributed by atoms with E-state index in [2.05, 4.69) is 0 Å². The molecule has 0 aromatic heterocycles. The molecule has 1 fully saturated rings.